The van der Waals surface area contributed by atoms with Gasteiger partial charge in [-0.05, 0) is 29.0 Å². The Labute approximate surface area is 150 Å². The van der Waals surface area contributed by atoms with E-state index in [2.05, 4.69) is 10.5 Å². The molecule has 4 rings (SSSR count). The highest BCUT2D eigenvalue weighted by molar-refractivity contribution is 6.03. The molecule has 128 valence electrons. The maximum atomic E-state index is 12.5. The molecule has 0 aliphatic heterocycles. The summed E-state index contributed by atoms with van der Waals surface area (Å²) in [6.07, 6.45) is 1.47. The van der Waals surface area contributed by atoms with Crippen LogP contribution in [0.4, 0.5) is 0 Å². The Morgan fingerprint density at radius 1 is 1.04 bits per heavy atom. The summed E-state index contributed by atoms with van der Waals surface area (Å²) >= 11 is 0. The monoisotopic (exact) mass is 343 g/mol. The number of rotatable bonds is 3. The fraction of sp³-hybridized carbons (Fsp3) is 0.0476. The molecule has 0 radical (unpaired) electrons. The molecule has 0 unspecified atom stereocenters. The highest BCUT2D eigenvalue weighted by Gasteiger charge is 2.12. The summed E-state index contributed by atoms with van der Waals surface area (Å²) in [4.78, 5) is 12.5. The van der Waals surface area contributed by atoms with Crippen LogP contribution in [0.25, 0.3) is 21.7 Å². The maximum Gasteiger partial charge on any atom is 0.287 e. The van der Waals surface area contributed by atoms with Crippen molar-refractivity contribution >= 4 is 33.8 Å². The number of hydrogen-bond acceptors (Lipinski definition) is 3. The summed E-state index contributed by atoms with van der Waals surface area (Å²) in [7, 11) is 1.84. The van der Waals surface area contributed by atoms with E-state index in [1.165, 1.54) is 6.21 Å². The van der Waals surface area contributed by atoms with Crippen molar-refractivity contribution in [3.8, 4) is 5.75 Å². The third-order valence-electron chi connectivity index (χ3n) is 4.49. The molecule has 1 amide bonds. The predicted octanol–water partition coefficient (Wildman–Crippen LogP) is 3.80. The molecule has 0 atom stereocenters. The molecule has 0 fully saturated rings. The van der Waals surface area contributed by atoms with Crippen molar-refractivity contribution in [1.29, 1.82) is 0 Å². The summed E-state index contributed by atoms with van der Waals surface area (Å²) in [6, 6.07) is 20.8. The first-order valence-electron chi connectivity index (χ1n) is 8.24. The van der Waals surface area contributed by atoms with Crippen molar-refractivity contribution in [3.63, 3.8) is 0 Å². The number of aromatic hydroxyl groups is 1. The lowest BCUT2D eigenvalue weighted by Gasteiger charge is -2.05. The number of carbonyl (C=O) groups is 1. The van der Waals surface area contributed by atoms with Gasteiger partial charge in [0.05, 0.1) is 6.21 Å². The average molecular weight is 343 g/mol. The van der Waals surface area contributed by atoms with Crippen LogP contribution in [0.5, 0.6) is 5.75 Å². The Hall–Kier alpha value is -3.60. The van der Waals surface area contributed by atoms with Crippen molar-refractivity contribution < 1.29 is 9.90 Å². The van der Waals surface area contributed by atoms with E-state index < -0.39 is 0 Å². The van der Waals surface area contributed by atoms with Crippen molar-refractivity contribution in [2.24, 2.45) is 12.1 Å². The minimum atomic E-state index is -0.306. The Balaban J connectivity index is 1.62. The fourth-order valence-corrected chi connectivity index (χ4v) is 3.14. The van der Waals surface area contributed by atoms with Gasteiger partial charge in [-0.2, -0.15) is 5.10 Å². The number of aryl methyl sites for hydroxylation is 1. The van der Waals surface area contributed by atoms with Crippen LogP contribution >= 0.6 is 0 Å². The third kappa shape index (κ3) is 2.69. The van der Waals surface area contributed by atoms with Gasteiger partial charge in [0.25, 0.3) is 5.91 Å². The molecule has 3 aromatic carbocycles. The first-order chi connectivity index (χ1) is 12.6. The zero-order valence-corrected chi connectivity index (χ0v) is 14.2. The van der Waals surface area contributed by atoms with Crippen LogP contribution in [0.15, 0.2) is 71.8 Å². The van der Waals surface area contributed by atoms with Crippen molar-refractivity contribution in [2.75, 3.05) is 0 Å². The smallest absolute Gasteiger partial charge is 0.287 e. The normalized spacial score (nSPS) is 11.4. The van der Waals surface area contributed by atoms with Gasteiger partial charge in [-0.3, -0.25) is 4.79 Å². The van der Waals surface area contributed by atoms with E-state index in [-0.39, 0.29) is 11.7 Å². The second-order valence-electron chi connectivity index (χ2n) is 6.07. The number of amides is 1. The Bertz CT molecular complexity index is 1160. The van der Waals surface area contributed by atoms with Crippen LogP contribution in [0.2, 0.25) is 0 Å². The van der Waals surface area contributed by atoms with E-state index in [4.69, 9.17) is 0 Å². The summed E-state index contributed by atoms with van der Waals surface area (Å²) in [5, 5.41) is 17.0. The molecule has 1 heterocycles. The number of hydrogen-bond donors (Lipinski definition) is 2. The summed E-state index contributed by atoms with van der Waals surface area (Å²) in [5.41, 5.74) is 4.61. The standard InChI is InChI=1S/C21H17N3O2/c1-24-18-9-5-3-7-15(18)12-19(24)21(26)23-22-13-17-16-8-4-2-6-14(16)10-11-20(17)25/h2-13,25H,1H3,(H,23,26)/b22-13+. The van der Waals surface area contributed by atoms with Crippen LogP contribution < -0.4 is 5.43 Å². The van der Waals surface area contributed by atoms with Crippen LogP contribution in [0.1, 0.15) is 16.1 Å². The topological polar surface area (TPSA) is 66.6 Å². The number of nitrogens with one attached hydrogen (secondary N) is 1. The number of aromatic nitrogens is 1. The second-order valence-corrected chi connectivity index (χ2v) is 6.07. The van der Waals surface area contributed by atoms with Crippen molar-refractivity contribution in [2.45, 2.75) is 0 Å². The lowest BCUT2D eigenvalue weighted by atomic mass is 10.0. The third-order valence-corrected chi connectivity index (χ3v) is 4.49. The Morgan fingerprint density at radius 3 is 2.58 bits per heavy atom. The van der Waals surface area contributed by atoms with Gasteiger partial charge in [0, 0.05) is 23.5 Å². The minimum absolute atomic E-state index is 0.117. The predicted molar refractivity (Wildman–Crippen MR) is 104 cm³/mol. The van der Waals surface area contributed by atoms with E-state index in [0.717, 1.165) is 21.7 Å². The van der Waals surface area contributed by atoms with E-state index in [1.807, 2.05) is 72.3 Å². The van der Waals surface area contributed by atoms with E-state index in [0.29, 0.717) is 11.3 Å². The Morgan fingerprint density at radius 2 is 1.77 bits per heavy atom. The number of para-hydroxylation sites is 1. The highest BCUT2D eigenvalue weighted by Crippen LogP contribution is 2.25. The number of hydrazone groups is 1. The molecule has 0 bridgehead atoms. The van der Waals surface area contributed by atoms with E-state index >= 15 is 0 Å². The van der Waals surface area contributed by atoms with Gasteiger partial charge in [0.2, 0.25) is 0 Å². The number of carbonyl (C=O) groups excluding carboxylic acids is 1. The number of phenols is 1. The molecule has 5 nitrogen and oxygen atoms in total. The summed E-state index contributed by atoms with van der Waals surface area (Å²) in [5.74, 6) is -0.189. The van der Waals surface area contributed by atoms with Gasteiger partial charge in [-0.1, -0.05) is 48.5 Å². The van der Waals surface area contributed by atoms with Crippen LogP contribution in [0, 0.1) is 0 Å². The minimum Gasteiger partial charge on any atom is -0.507 e. The highest BCUT2D eigenvalue weighted by atomic mass is 16.3. The molecule has 2 N–H and O–H groups in total. The molecule has 1 aromatic heterocycles. The van der Waals surface area contributed by atoms with Gasteiger partial charge in [0.1, 0.15) is 11.4 Å². The van der Waals surface area contributed by atoms with Crippen LogP contribution in [-0.4, -0.2) is 21.8 Å². The second kappa shape index (κ2) is 6.37. The Kier molecular flexibility index (Phi) is 3.89. The maximum absolute atomic E-state index is 12.5. The van der Waals surface area contributed by atoms with Gasteiger partial charge >= 0.3 is 0 Å². The van der Waals surface area contributed by atoms with E-state index in [1.54, 1.807) is 6.07 Å². The average Bonchev–Trinajstić information content (AvgIpc) is 3.00. The molecular weight excluding hydrogens is 326 g/mol. The summed E-state index contributed by atoms with van der Waals surface area (Å²) < 4.78 is 1.83. The first kappa shape index (κ1) is 15.9. The molecule has 0 aliphatic carbocycles. The molecule has 0 aliphatic rings. The zero-order chi connectivity index (χ0) is 18.1. The van der Waals surface area contributed by atoms with Crippen molar-refractivity contribution in [3.05, 3.63) is 78.0 Å². The van der Waals surface area contributed by atoms with Crippen molar-refractivity contribution in [1.82, 2.24) is 9.99 Å². The van der Waals surface area contributed by atoms with E-state index in [9.17, 15) is 9.90 Å². The lowest BCUT2D eigenvalue weighted by Crippen LogP contribution is -2.20. The van der Waals surface area contributed by atoms with Crippen LogP contribution in [-0.2, 0) is 7.05 Å². The molecule has 4 aromatic rings. The molecule has 5 heteroatoms. The molecular formula is C21H17N3O2. The number of benzene rings is 3. The first-order valence-corrected chi connectivity index (χ1v) is 8.24. The van der Waals surface area contributed by atoms with Crippen LogP contribution in [0.3, 0.4) is 0 Å². The molecule has 0 spiro atoms. The lowest BCUT2D eigenvalue weighted by molar-refractivity contribution is 0.0947. The molecule has 0 saturated carbocycles. The van der Waals surface area contributed by atoms with Gasteiger partial charge in [0.15, 0.2) is 0 Å². The van der Waals surface area contributed by atoms with Gasteiger partial charge in [-0.25, -0.2) is 5.43 Å². The zero-order valence-electron chi connectivity index (χ0n) is 14.2. The number of nitrogens with zero attached hydrogens (tertiary/aromatic N) is 2. The SMILES string of the molecule is Cn1c(C(=O)N/N=C/c2c(O)ccc3ccccc23)cc2ccccc21. The molecule has 0 saturated heterocycles. The largest absolute Gasteiger partial charge is 0.507 e. The van der Waals surface area contributed by atoms with Gasteiger partial charge < -0.3 is 9.67 Å². The fourth-order valence-electron chi connectivity index (χ4n) is 3.14. The quantitative estimate of drug-likeness (QED) is 0.439. The summed E-state index contributed by atoms with van der Waals surface area (Å²) in [6.45, 7) is 0. The van der Waals surface area contributed by atoms with Gasteiger partial charge in [-0.15, -0.1) is 0 Å². The number of fused-ring (bicyclic) bond motifs is 2. The molecule has 26 heavy (non-hydrogen) atoms. The number of phenolic OH excluding ortho intramolecular Hbond substituents is 1.